The zero-order chi connectivity index (χ0) is 12.0. The van der Waals surface area contributed by atoms with Crippen molar-refractivity contribution in [3.8, 4) is 0 Å². The van der Waals surface area contributed by atoms with Crippen LogP contribution in [0.2, 0.25) is 0 Å². The summed E-state index contributed by atoms with van der Waals surface area (Å²) in [5.41, 5.74) is -0.740. The Morgan fingerprint density at radius 2 is 1.82 bits per heavy atom. The molecule has 0 aliphatic heterocycles. The average Bonchev–Trinajstić information content (AvgIpc) is 2.49. The third-order valence-electron chi connectivity index (χ3n) is 2.35. The summed E-state index contributed by atoms with van der Waals surface area (Å²) in [6, 6.07) is 3.99. The number of halogens is 1. The van der Waals surface area contributed by atoms with E-state index in [2.05, 4.69) is 15.0 Å². The molecule has 0 aliphatic carbocycles. The molecule has 2 heterocycles. The van der Waals surface area contributed by atoms with Crippen molar-refractivity contribution in [2.75, 3.05) is 0 Å². The first kappa shape index (κ1) is 9.64. The summed E-state index contributed by atoms with van der Waals surface area (Å²) in [6.45, 7) is 0. The van der Waals surface area contributed by atoms with Crippen molar-refractivity contribution in [1.29, 1.82) is 0 Å². The van der Waals surface area contributed by atoms with Gasteiger partial charge in [-0.3, -0.25) is 4.98 Å². The van der Waals surface area contributed by atoms with Crippen LogP contribution in [0.15, 0.2) is 27.8 Å². The van der Waals surface area contributed by atoms with E-state index in [0.29, 0.717) is 10.9 Å². The second kappa shape index (κ2) is 3.21. The molecule has 0 unspecified atom stereocenters. The van der Waals surface area contributed by atoms with Gasteiger partial charge in [-0.25, -0.2) is 14.0 Å². The van der Waals surface area contributed by atoms with Crippen molar-refractivity contribution in [1.82, 2.24) is 19.9 Å². The Balaban J connectivity index is 2.65. The molecule has 2 N–H and O–H groups in total. The van der Waals surface area contributed by atoms with E-state index in [1.54, 1.807) is 0 Å². The van der Waals surface area contributed by atoms with Crippen molar-refractivity contribution < 1.29 is 4.39 Å². The molecule has 7 heteroatoms. The molecule has 6 nitrogen and oxygen atoms in total. The third kappa shape index (κ3) is 1.48. The number of rotatable bonds is 0. The van der Waals surface area contributed by atoms with Crippen LogP contribution in [0.3, 0.4) is 0 Å². The summed E-state index contributed by atoms with van der Waals surface area (Å²) in [7, 11) is 0. The van der Waals surface area contributed by atoms with Gasteiger partial charge in [-0.2, -0.15) is 9.97 Å². The molecule has 0 amide bonds. The van der Waals surface area contributed by atoms with E-state index < -0.39 is 17.2 Å². The summed E-state index contributed by atoms with van der Waals surface area (Å²) in [4.78, 5) is 34.4. The van der Waals surface area contributed by atoms with Crippen molar-refractivity contribution >= 4 is 22.1 Å². The smallest absolute Gasteiger partial charge is 0.338 e. The molecule has 0 aliphatic rings. The molecular formula is C10H5FN4O2. The lowest BCUT2D eigenvalue weighted by molar-refractivity contribution is 0.630. The fourth-order valence-corrected chi connectivity index (χ4v) is 1.68. The molecule has 0 saturated carbocycles. The molecule has 3 aromatic rings. The fourth-order valence-electron chi connectivity index (χ4n) is 1.68. The van der Waals surface area contributed by atoms with Gasteiger partial charge in [-0.05, 0) is 18.2 Å². The minimum Gasteiger partial charge on any atom is -0.338 e. The van der Waals surface area contributed by atoms with Crippen molar-refractivity contribution in [2.45, 2.75) is 0 Å². The molecule has 1 aromatic carbocycles. The minimum atomic E-state index is -0.817. The molecule has 2 aromatic heterocycles. The molecule has 3 rings (SSSR count). The van der Waals surface area contributed by atoms with Crippen LogP contribution in [0, 0.1) is 5.82 Å². The molecule has 0 spiro atoms. The summed E-state index contributed by atoms with van der Waals surface area (Å²) >= 11 is 0. The maximum atomic E-state index is 13.1. The number of aromatic nitrogens is 4. The maximum absolute atomic E-state index is 13.1. The second-order valence-electron chi connectivity index (χ2n) is 3.47. The van der Waals surface area contributed by atoms with E-state index in [9.17, 15) is 14.0 Å². The summed E-state index contributed by atoms with van der Waals surface area (Å²) in [5, 5.41) is 0.411. The van der Waals surface area contributed by atoms with Crippen LogP contribution >= 0.6 is 0 Å². The highest BCUT2D eigenvalue weighted by Crippen LogP contribution is 2.21. The largest absolute Gasteiger partial charge is 0.351 e. The molecule has 0 saturated heterocycles. The topological polar surface area (TPSA) is 91.5 Å². The summed E-state index contributed by atoms with van der Waals surface area (Å²) in [5.74, 6) is -0.453. The van der Waals surface area contributed by atoms with Gasteiger partial charge in [-0.15, -0.1) is 0 Å². The first-order chi connectivity index (χ1) is 8.13. The quantitative estimate of drug-likeness (QED) is 0.583. The minimum absolute atomic E-state index is 0.147. The van der Waals surface area contributed by atoms with Gasteiger partial charge >= 0.3 is 11.4 Å². The number of hydrogen-bond donors (Lipinski definition) is 2. The first-order valence-corrected chi connectivity index (χ1v) is 4.73. The molecule has 0 atom stereocenters. The number of hydrogen-bond acceptors (Lipinski definition) is 4. The van der Waals surface area contributed by atoms with Gasteiger partial charge in [0.05, 0.1) is 0 Å². The average molecular weight is 232 g/mol. The van der Waals surface area contributed by atoms with Crippen molar-refractivity contribution in [3.05, 3.63) is 45.0 Å². The van der Waals surface area contributed by atoms with Crippen LogP contribution in [-0.2, 0) is 0 Å². The first-order valence-electron chi connectivity index (χ1n) is 4.73. The molecular weight excluding hydrogens is 227 g/mol. The van der Waals surface area contributed by atoms with Gasteiger partial charge in [0.2, 0.25) is 0 Å². The van der Waals surface area contributed by atoms with Crippen LogP contribution in [0.4, 0.5) is 4.39 Å². The number of fused-ring (bicyclic) bond motifs is 3. The standard InChI is InChI=1S/C10H5FN4O2/c11-4-1-2-6-5(3-4)7-8(12-6)14-10(17)15-9(16)13-7/h1-3H,(H2,12,13,14,15,16,17). The lowest BCUT2D eigenvalue weighted by atomic mass is 10.2. The SMILES string of the molecule is O=c1nc2[nH]c3ccc(F)cc3c2nc(=O)[nH]1. The van der Waals surface area contributed by atoms with E-state index in [0.717, 1.165) is 0 Å². The summed E-state index contributed by atoms with van der Waals surface area (Å²) in [6.07, 6.45) is 0. The van der Waals surface area contributed by atoms with Gasteiger partial charge in [0, 0.05) is 10.9 Å². The van der Waals surface area contributed by atoms with Crippen molar-refractivity contribution in [3.63, 3.8) is 0 Å². The number of H-pyrrole nitrogens is 2. The van der Waals surface area contributed by atoms with Crippen LogP contribution < -0.4 is 11.4 Å². The van der Waals surface area contributed by atoms with Gasteiger partial charge < -0.3 is 4.98 Å². The van der Waals surface area contributed by atoms with Crippen LogP contribution in [0.1, 0.15) is 0 Å². The fraction of sp³-hybridized carbons (Fsp3) is 0. The second-order valence-corrected chi connectivity index (χ2v) is 3.47. The van der Waals surface area contributed by atoms with Crippen LogP contribution in [0.25, 0.3) is 22.1 Å². The Bertz CT molecular complexity index is 852. The zero-order valence-corrected chi connectivity index (χ0v) is 8.32. The number of aromatic amines is 2. The van der Waals surface area contributed by atoms with Gasteiger partial charge in [0.15, 0.2) is 5.65 Å². The van der Waals surface area contributed by atoms with Crippen LogP contribution in [-0.4, -0.2) is 19.9 Å². The Morgan fingerprint density at radius 1 is 1.06 bits per heavy atom. The molecule has 0 bridgehead atoms. The maximum Gasteiger partial charge on any atom is 0.351 e. The predicted octanol–water partition coefficient (Wildman–Crippen LogP) is 0.299. The van der Waals surface area contributed by atoms with Crippen molar-refractivity contribution in [2.24, 2.45) is 0 Å². The lowest BCUT2D eigenvalue weighted by Crippen LogP contribution is -2.17. The predicted molar refractivity (Wildman–Crippen MR) is 58.2 cm³/mol. The highest BCUT2D eigenvalue weighted by Gasteiger charge is 2.07. The van der Waals surface area contributed by atoms with E-state index in [1.165, 1.54) is 18.2 Å². The van der Waals surface area contributed by atoms with E-state index in [1.807, 2.05) is 4.98 Å². The Hall–Kier alpha value is -2.57. The van der Waals surface area contributed by atoms with E-state index in [-0.39, 0.29) is 11.2 Å². The molecule has 84 valence electrons. The lowest BCUT2D eigenvalue weighted by Gasteiger charge is -1.88. The monoisotopic (exact) mass is 232 g/mol. The normalized spacial score (nSPS) is 11.1. The van der Waals surface area contributed by atoms with Gasteiger partial charge in [0.1, 0.15) is 11.3 Å². The Labute approximate surface area is 92.2 Å². The number of nitrogens with zero attached hydrogens (tertiary/aromatic N) is 2. The van der Waals surface area contributed by atoms with E-state index in [4.69, 9.17) is 0 Å². The summed E-state index contributed by atoms with van der Waals surface area (Å²) < 4.78 is 13.1. The number of nitrogens with one attached hydrogen (secondary N) is 2. The Kier molecular flexibility index (Phi) is 1.82. The van der Waals surface area contributed by atoms with Gasteiger partial charge in [0.25, 0.3) is 0 Å². The highest BCUT2D eigenvalue weighted by molar-refractivity contribution is 6.02. The third-order valence-corrected chi connectivity index (χ3v) is 2.35. The number of benzene rings is 1. The molecule has 0 radical (unpaired) electrons. The Morgan fingerprint density at radius 3 is 2.65 bits per heavy atom. The highest BCUT2D eigenvalue weighted by atomic mass is 19.1. The van der Waals surface area contributed by atoms with Gasteiger partial charge in [-0.1, -0.05) is 0 Å². The van der Waals surface area contributed by atoms with Crippen LogP contribution in [0.5, 0.6) is 0 Å². The molecule has 0 fully saturated rings. The van der Waals surface area contributed by atoms with E-state index >= 15 is 0 Å². The zero-order valence-electron chi connectivity index (χ0n) is 8.32. The molecule has 17 heavy (non-hydrogen) atoms.